The van der Waals surface area contributed by atoms with E-state index >= 15 is 0 Å². The van der Waals surface area contributed by atoms with E-state index < -0.39 is 10.9 Å². The predicted octanol–water partition coefficient (Wildman–Crippen LogP) is 2.82. The molecule has 0 spiro atoms. The summed E-state index contributed by atoms with van der Waals surface area (Å²) in [4.78, 5) is 21.3. The highest BCUT2D eigenvalue weighted by molar-refractivity contribution is 7.17. The third-order valence-electron chi connectivity index (χ3n) is 2.32. The van der Waals surface area contributed by atoms with Gasteiger partial charge < -0.3 is 5.11 Å². The van der Waals surface area contributed by atoms with E-state index in [2.05, 4.69) is 0 Å². The van der Waals surface area contributed by atoms with E-state index in [9.17, 15) is 14.9 Å². The molecule has 1 aromatic carbocycles. The van der Waals surface area contributed by atoms with Crippen molar-refractivity contribution in [3.05, 3.63) is 38.8 Å². The van der Waals surface area contributed by atoms with Crippen LogP contribution in [0.2, 0.25) is 0 Å². The van der Waals surface area contributed by atoms with Gasteiger partial charge in [0.2, 0.25) is 0 Å². The molecular formula is C10H7NO4S. The maximum atomic E-state index is 11.1. The fourth-order valence-electron chi connectivity index (χ4n) is 1.68. The average molecular weight is 237 g/mol. The molecule has 0 saturated carbocycles. The number of benzene rings is 1. The summed E-state index contributed by atoms with van der Waals surface area (Å²) in [7, 11) is 0. The molecule has 0 aliphatic carbocycles. The van der Waals surface area contributed by atoms with E-state index in [1.54, 1.807) is 24.4 Å². The van der Waals surface area contributed by atoms with E-state index in [0.717, 1.165) is 4.70 Å². The molecule has 5 nitrogen and oxygen atoms in total. The summed E-state index contributed by atoms with van der Waals surface area (Å²) >= 11 is 1.37. The summed E-state index contributed by atoms with van der Waals surface area (Å²) in [6, 6.07) is 3.24. The molecule has 0 atom stereocenters. The van der Waals surface area contributed by atoms with Crippen LogP contribution in [-0.2, 0) is 0 Å². The van der Waals surface area contributed by atoms with Gasteiger partial charge in [0, 0.05) is 15.6 Å². The monoisotopic (exact) mass is 237 g/mol. The van der Waals surface area contributed by atoms with Crippen LogP contribution in [-0.4, -0.2) is 16.0 Å². The van der Waals surface area contributed by atoms with Crippen molar-refractivity contribution in [2.24, 2.45) is 0 Å². The zero-order chi connectivity index (χ0) is 11.9. The van der Waals surface area contributed by atoms with Gasteiger partial charge in [0.1, 0.15) is 5.56 Å². The zero-order valence-corrected chi connectivity index (χ0v) is 9.08. The van der Waals surface area contributed by atoms with Crippen LogP contribution in [0.1, 0.15) is 15.9 Å². The number of nitro groups is 1. The van der Waals surface area contributed by atoms with E-state index in [1.807, 2.05) is 0 Å². The largest absolute Gasteiger partial charge is 0.477 e. The maximum absolute atomic E-state index is 11.1. The number of fused-ring (bicyclic) bond motifs is 1. The molecule has 82 valence electrons. The minimum absolute atomic E-state index is 0.221. The molecule has 2 rings (SSSR count). The third kappa shape index (κ3) is 1.43. The Labute approximate surface area is 94.1 Å². The number of aryl methyl sites for hydroxylation is 1. The fourth-order valence-corrected chi connectivity index (χ4v) is 2.57. The average Bonchev–Trinajstić information content (AvgIpc) is 2.61. The summed E-state index contributed by atoms with van der Waals surface area (Å²) in [5.74, 6) is -1.26. The minimum atomic E-state index is -1.26. The maximum Gasteiger partial charge on any atom is 0.343 e. The molecule has 2 aromatic rings. The van der Waals surface area contributed by atoms with Crippen molar-refractivity contribution >= 4 is 33.1 Å². The molecular weight excluding hydrogens is 230 g/mol. The highest BCUT2D eigenvalue weighted by atomic mass is 32.1. The molecule has 0 amide bonds. The Bertz CT molecular complexity index is 602. The summed E-state index contributed by atoms with van der Waals surface area (Å²) in [5.41, 5.74) is -0.169. The molecule has 16 heavy (non-hydrogen) atoms. The molecule has 1 N–H and O–H groups in total. The van der Waals surface area contributed by atoms with Crippen LogP contribution in [0.3, 0.4) is 0 Å². The lowest BCUT2D eigenvalue weighted by atomic mass is 10.0. The molecule has 0 unspecified atom stereocenters. The first kappa shape index (κ1) is 10.6. The summed E-state index contributed by atoms with van der Waals surface area (Å²) in [5, 5.41) is 22.1. The Hall–Kier alpha value is -1.95. The predicted molar refractivity (Wildman–Crippen MR) is 60.2 cm³/mol. The highest BCUT2D eigenvalue weighted by Gasteiger charge is 2.26. The first-order valence-corrected chi connectivity index (χ1v) is 5.29. The summed E-state index contributed by atoms with van der Waals surface area (Å²) in [6.07, 6.45) is 0. The third-order valence-corrected chi connectivity index (χ3v) is 3.18. The van der Waals surface area contributed by atoms with Gasteiger partial charge >= 0.3 is 5.97 Å². The quantitative estimate of drug-likeness (QED) is 0.643. The van der Waals surface area contributed by atoms with Crippen molar-refractivity contribution < 1.29 is 14.8 Å². The fraction of sp³-hybridized carbons (Fsp3) is 0.100. The van der Waals surface area contributed by atoms with Crippen LogP contribution in [0.15, 0.2) is 17.5 Å². The lowest BCUT2D eigenvalue weighted by Gasteiger charge is -2.03. The number of rotatable bonds is 2. The molecule has 0 fully saturated rings. The van der Waals surface area contributed by atoms with Crippen LogP contribution >= 0.6 is 11.3 Å². The van der Waals surface area contributed by atoms with Gasteiger partial charge in [-0.2, -0.15) is 0 Å². The molecule has 0 bridgehead atoms. The molecule has 6 heteroatoms. The molecule has 1 heterocycles. The van der Waals surface area contributed by atoms with Gasteiger partial charge in [0.05, 0.1) is 4.92 Å². The Balaban J connectivity index is 2.96. The van der Waals surface area contributed by atoms with Crippen molar-refractivity contribution in [3.8, 4) is 0 Å². The Morgan fingerprint density at radius 2 is 2.25 bits per heavy atom. The number of carboxylic acids is 1. The number of aromatic carboxylic acids is 1. The number of hydrogen-bond donors (Lipinski definition) is 1. The number of nitro benzene ring substituents is 1. The molecule has 0 aliphatic rings. The second kappa shape index (κ2) is 3.57. The van der Waals surface area contributed by atoms with Gasteiger partial charge in [-0.15, -0.1) is 11.3 Å². The lowest BCUT2D eigenvalue weighted by Crippen LogP contribution is -2.04. The van der Waals surface area contributed by atoms with Crippen molar-refractivity contribution in [2.75, 3.05) is 0 Å². The van der Waals surface area contributed by atoms with Crippen LogP contribution in [0.4, 0.5) is 5.69 Å². The molecule has 0 saturated heterocycles. The topological polar surface area (TPSA) is 80.4 Å². The second-order valence-electron chi connectivity index (χ2n) is 3.31. The zero-order valence-electron chi connectivity index (χ0n) is 8.26. The molecule has 1 aromatic heterocycles. The number of hydrogen-bond acceptors (Lipinski definition) is 4. The standard InChI is InChI=1S/C10H7NO4S/c1-5-4-7-6(2-3-16-7)8(10(12)13)9(5)11(14)15/h2-4H,1H3,(H,12,13). The number of nitrogens with zero attached hydrogens (tertiary/aromatic N) is 1. The van der Waals surface area contributed by atoms with E-state index in [0.29, 0.717) is 10.9 Å². The lowest BCUT2D eigenvalue weighted by molar-refractivity contribution is -0.385. The van der Waals surface area contributed by atoms with Crippen molar-refractivity contribution in [1.82, 2.24) is 0 Å². The van der Waals surface area contributed by atoms with E-state index in [-0.39, 0.29) is 11.3 Å². The number of thiophene rings is 1. The highest BCUT2D eigenvalue weighted by Crippen LogP contribution is 2.34. The molecule has 0 aliphatic heterocycles. The van der Waals surface area contributed by atoms with E-state index in [1.165, 1.54) is 11.3 Å². The van der Waals surface area contributed by atoms with Gasteiger partial charge in [-0.05, 0) is 24.4 Å². The summed E-state index contributed by atoms with van der Waals surface area (Å²) in [6.45, 7) is 1.55. The van der Waals surface area contributed by atoms with Crippen LogP contribution in [0.5, 0.6) is 0 Å². The van der Waals surface area contributed by atoms with Crippen molar-refractivity contribution in [1.29, 1.82) is 0 Å². The van der Waals surface area contributed by atoms with Crippen LogP contribution in [0.25, 0.3) is 10.1 Å². The normalized spacial score (nSPS) is 10.6. The first-order chi connectivity index (χ1) is 7.52. The van der Waals surface area contributed by atoms with Gasteiger partial charge in [-0.3, -0.25) is 10.1 Å². The summed E-state index contributed by atoms with van der Waals surface area (Å²) < 4.78 is 0.750. The minimum Gasteiger partial charge on any atom is -0.477 e. The number of carbonyl (C=O) groups is 1. The van der Waals surface area contributed by atoms with Gasteiger partial charge in [0.15, 0.2) is 0 Å². The molecule has 0 radical (unpaired) electrons. The Morgan fingerprint density at radius 3 is 2.81 bits per heavy atom. The van der Waals surface area contributed by atoms with Crippen molar-refractivity contribution in [2.45, 2.75) is 6.92 Å². The second-order valence-corrected chi connectivity index (χ2v) is 4.26. The van der Waals surface area contributed by atoms with Gasteiger partial charge in [-0.1, -0.05) is 0 Å². The van der Waals surface area contributed by atoms with E-state index in [4.69, 9.17) is 5.11 Å². The van der Waals surface area contributed by atoms with Crippen LogP contribution in [0, 0.1) is 17.0 Å². The smallest absolute Gasteiger partial charge is 0.343 e. The van der Waals surface area contributed by atoms with Gasteiger partial charge in [0.25, 0.3) is 5.69 Å². The Kier molecular flexibility index (Phi) is 2.35. The SMILES string of the molecule is Cc1cc2sccc2c(C(=O)O)c1[N+](=O)[O-]. The van der Waals surface area contributed by atoms with Crippen molar-refractivity contribution in [3.63, 3.8) is 0 Å². The van der Waals surface area contributed by atoms with Gasteiger partial charge in [-0.25, -0.2) is 4.79 Å². The Morgan fingerprint density at radius 1 is 1.56 bits per heavy atom. The van der Waals surface area contributed by atoms with Crippen LogP contribution < -0.4 is 0 Å². The number of carboxylic acid groups (broad SMARTS) is 1. The first-order valence-electron chi connectivity index (χ1n) is 4.41.